The molecule has 0 aliphatic rings. The molecule has 2 heterocycles. The molecule has 0 fully saturated rings. The van der Waals surface area contributed by atoms with Gasteiger partial charge in [-0.3, -0.25) is 18.7 Å². The van der Waals surface area contributed by atoms with E-state index in [1.165, 1.54) is 37.9 Å². The van der Waals surface area contributed by atoms with Crippen molar-refractivity contribution < 1.29 is 22.7 Å². The maximum atomic E-state index is 13.3. The number of alkyl halides is 3. The maximum Gasteiger partial charge on any atom is 0.418 e. The average molecular weight is 532 g/mol. The summed E-state index contributed by atoms with van der Waals surface area (Å²) in [5, 5.41) is 2.38. The molecule has 0 atom stereocenters. The fraction of sp³-hybridized carbons (Fsp3) is 0.208. The van der Waals surface area contributed by atoms with E-state index in [4.69, 9.17) is 4.74 Å². The van der Waals surface area contributed by atoms with Gasteiger partial charge in [-0.05, 0) is 36.4 Å². The Labute approximate surface area is 211 Å². The molecule has 13 heteroatoms. The van der Waals surface area contributed by atoms with E-state index in [0.717, 1.165) is 28.5 Å². The first-order valence-corrected chi connectivity index (χ1v) is 11.7. The molecule has 4 rings (SSSR count). The summed E-state index contributed by atoms with van der Waals surface area (Å²) in [5.41, 5.74) is -2.02. The van der Waals surface area contributed by atoms with Gasteiger partial charge >= 0.3 is 11.9 Å². The van der Waals surface area contributed by atoms with Crippen molar-refractivity contribution in [1.29, 1.82) is 0 Å². The number of amides is 1. The fourth-order valence-electron chi connectivity index (χ4n) is 3.56. The van der Waals surface area contributed by atoms with Crippen LogP contribution in [0.4, 0.5) is 18.9 Å². The molecule has 0 aliphatic heterocycles. The number of thioether (sulfide) groups is 1. The monoisotopic (exact) mass is 531 g/mol. The van der Waals surface area contributed by atoms with Crippen LogP contribution in [0.2, 0.25) is 0 Å². The highest BCUT2D eigenvalue weighted by molar-refractivity contribution is 8.00. The third-order valence-corrected chi connectivity index (χ3v) is 6.44. The number of rotatable bonds is 6. The van der Waals surface area contributed by atoms with Gasteiger partial charge in [-0.25, -0.2) is 14.8 Å². The van der Waals surface area contributed by atoms with Crippen LogP contribution >= 0.6 is 11.8 Å². The van der Waals surface area contributed by atoms with Crippen LogP contribution in [-0.4, -0.2) is 37.9 Å². The van der Waals surface area contributed by atoms with Crippen molar-refractivity contribution >= 4 is 34.4 Å². The first-order valence-electron chi connectivity index (χ1n) is 10.7. The topological polar surface area (TPSA) is 108 Å². The zero-order valence-electron chi connectivity index (χ0n) is 19.8. The molecule has 192 valence electrons. The van der Waals surface area contributed by atoms with Crippen molar-refractivity contribution in [2.24, 2.45) is 14.1 Å². The van der Waals surface area contributed by atoms with E-state index >= 15 is 0 Å². The molecule has 37 heavy (non-hydrogen) atoms. The van der Waals surface area contributed by atoms with Crippen molar-refractivity contribution in [1.82, 2.24) is 19.1 Å². The molecule has 4 aromatic rings. The van der Waals surface area contributed by atoms with Gasteiger partial charge in [0.15, 0.2) is 11.5 Å². The number of benzene rings is 2. The molecular formula is C24H20F3N5O4S. The number of fused-ring (bicyclic) bond motifs is 1. The molecule has 0 saturated heterocycles. The Morgan fingerprint density at radius 2 is 1.70 bits per heavy atom. The van der Waals surface area contributed by atoms with E-state index in [1.54, 1.807) is 24.3 Å². The Bertz CT molecular complexity index is 1610. The summed E-state index contributed by atoms with van der Waals surface area (Å²) in [5.74, 6) is -0.312. The van der Waals surface area contributed by atoms with E-state index in [0.29, 0.717) is 11.3 Å². The lowest BCUT2D eigenvalue weighted by Gasteiger charge is -2.14. The lowest BCUT2D eigenvalue weighted by atomic mass is 10.1. The predicted molar refractivity (Wildman–Crippen MR) is 133 cm³/mol. The highest BCUT2D eigenvalue weighted by atomic mass is 32.2. The number of para-hydroxylation sites is 1. The number of carbonyl (C=O) groups excluding carboxylic acids is 1. The van der Waals surface area contributed by atoms with Gasteiger partial charge in [0, 0.05) is 19.7 Å². The van der Waals surface area contributed by atoms with E-state index in [-0.39, 0.29) is 33.3 Å². The van der Waals surface area contributed by atoms with Gasteiger partial charge in [-0.1, -0.05) is 23.9 Å². The van der Waals surface area contributed by atoms with E-state index in [2.05, 4.69) is 15.3 Å². The minimum atomic E-state index is -4.65. The normalized spacial score (nSPS) is 11.5. The molecule has 9 nitrogen and oxygen atoms in total. The van der Waals surface area contributed by atoms with Crippen LogP contribution in [0.25, 0.3) is 22.4 Å². The van der Waals surface area contributed by atoms with E-state index in [1.807, 2.05) is 0 Å². The Morgan fingerprint density at radius 1 is 1.03 bits per heavy atom. The highest BCUT2D eigenvalue weighted by Gasteiger charge is 2.33. The number of halogens is 3. The van der Waals surface area contributed by atoms with Gasteiger partial charge in [0.1, 0.15) is 16.2 Å². The predicted octanol–water partition coefficient (Wildman–Crippen LogP) is 3.45. The number of anilines is 1. The van der Waals surface area contributed by atoms with Crippen molar-refractivity contribution in [2.45, 2.75) is 11.2 Å². The van der Waals surface area contributed by atoms with Crippen LogP contribution in [0.1, 0.15) is 5.56 Å². The number of ether oxygens (including phenoxy) is 1. The third kappa shape index (κ3) is 5.21. The molecule has 0 bridgehead atoms. The number of aryl methyl sites for hydroxylation is 1. The SMILES string of the molecule is COc1ccc(-c2nc(SCC(=O)Nc3ccccc3C(F)(F)F)c3c(=O)n(C)c(=O)n(C)c3n2)cc1. The molecule has 0 saturated carbocycles. The van der Waals surface area contributed by atoms with Crippen molar-refractivity contribution in [2.75, 3.05) is 18.2 Å². The largest absolute Gasteiger partial charge is 0.497 e. The molecule has 2 aromatic carbocycles. The number of hydrogen-bond donors (Lipinski definition) is 1. The molecule has 0 spiro atoms. The summed E-state index contributed by atoms with van der Waals surface area (Å²) in [6, 6.07) is 11.4. The number of aromatic nitrogens is 4. The Kier molecular flexibility index (Phi) is 7.07. The van der Waals surface area contributed by atoms with Crippen LogP contribution in [-0.2, 0) is 25.1 Å². The molecule has 0 aliphatic carbocycles. The lowest BCUT2D eigenvalue weighted by molar-refractivity contribution is -0.137. The lowest BCUT2D eigenvalue weighted by Crippen LogP contribution is -2.37. The zero-order chi connectivity index (χ0) is 26.9. The minimum Gasteiger partial charge on any atom is -0.497 e. The van der Waals surface area contributed by atoms with E-state index < -0.39 is 28.9 Å². The van der Waals surface area contributed by atoms with Crippen LogP contribution in [0, 0.1) is 0 Å². The highest BCUT2D eigenvalue weighted by Crippen LogP contribution is 2.35. The number of nitrogens with zero attached hydrogens (tertiary/aromatic N) is 4. The minimum absolute atomic E-state index is 0.00959. The Hall–Kier alpha value is -4.13. The quantitative estimate of drug-likeness (QED) is 0.300. The van der Waals surface area contributed by atoms with Gasteiger partial charge in [0.2, 0.25) is 5.91 Å². The second-order valence-electron chi connectivity index (χ2n) is 7.87. The van der Waals surface area contributed by atoms with E-state index in [9.17, 15) is 27.6 Å². The van der Waals surface area contributed by atoms with Gasteiger partial charge in [0.05, 0.1) is 24.1 Å². The van der Waals surface area contributed by atoms with Crippen molar-refractivity contribution in [3.05, 3.63) is 74.9 Å². The second kappa shape index (κ2) is 10.1. The summed E-state index contributed by atoms with van der Waals surface area (Å²) in [6.07, 6.45) is -4.65. The van der Waals surface area contributed by atoms with Crippen LogP contribution in [0.5, 0.6) is 5.75 Å². The number of nitrogens with one attached hydrogen (secondary N) is 1. The van der Waals surface area contributed by atoms with Crippen molar-refractivity contribution in [3.8, 4) is 17.1 Å². The number of carbonyl (C=O) groups is 1. The molecule has 1 amide bonds. The van der Waals surface area contributed by atoms with Crippen LogP contribution < -0.4 is 21.3 Å². The Balaban J connectivity index is 1.74. The molecule has 0 radical (unpaired) electrons. The first-order chi connectivity index (χ1) is 17.5. The second-order valence-corrected chi connectivity index (χ2v) is 8.83. The molecule has 0 unspecified atom stereocenters. The summed E-state index contributed by atoms with van der Waals surface area (Å²) in [4.78, 5) is 47.0. The van der Waals surface area contributed by atoms with Crippen molar-refractivity contribution in [3.63, 3.8) is 0 Å². The summed E-state index contributed by atoms with van der Waals surface area (Å²) < 4.78 is 47.1. The first kappa shape index (κ1) is 25.9. The zero-order valence-corrected chi connectivity index (χ0v) is 20.6. The molecular weight excluding hydrogens is 511 g/mol. The standard InChI is InChI=1S/C24H20F3N5O4S/c1-31-20-18(22(34)32(2)23(31)35)21(30-19(29-20)13-8-10-14(36-3)11-9-13)37-12-17(33)28-16-7-5-4-6-15(16)24(25,26)27/h4-11H,12H2,1-3H3,(H,28,33). The maximum absolute atomic E-state index is 13.3. The number of methoxy groups -OCH3 is 1. The summed E-state index contributed by atoms with van der Waals surface area (Å²) in [7, 11) is 4.26. The average Bonchev–Trinajstić information content (AvgIpc) is 2.88. The molecule has 2 aromatic heterocycles. The van der Waals surface area contributed by atoms with Gasteiger partial charge in [-0.15, -0.1) is 0 Å². The number of hydrogen-bond acceptors (Lipinski definition) is 7. The van der Waals surface area contributed by atoms with Gasteiger partial charge < -0.3 is 10.1 Å². The van der Waals surface area contributed by atoms with Crippen LogP contribution in [0.15, 0.2) is 63.1 Å². The smallest absolute Gasteiger partial charge is 0.418 e. The van der Waals surface area contributed by atoms with Crippen LogP contribution in [0.3, 0.4) is 0 Å². The van der Waals surface area contributed by atoms with Gasteiger partial charge in [0.25, 0.3) is 5.56 Å². The summed E-state index contributed by atoms with van der Waals surface area (Å²) in [6.45, 7) is 0. The third-order valence-electron chi connectivity index (χ3n) is 5.46. The molecule has 1 N–H and O–H groups in total. The fourth-order valence-corrected chi connectivity index (χ4v) is 4.38. The van der Waals surface area contributed by atoms with Gasteiger partial charge in [-0.2, -0.15) is 13.2 Å². The summed E-state index contributed by atoms with van der Waals surface area (Å²) >= 11 is 0.847. The Morgan fingerprint density at radius 3 is 2.35 bits per heavy atom.